The van der Waals surface area contributed by atoms with Gasteiger partial charge in [-0.05, 0) is 49.2 Å². The van der Waals surface area contributed by atoms with Gasteiger partial charge in [-0.25, -0.2) is 0 Å². The summed E-state index contributed by atoms with van der Waals surface area (Å²) in [5.41, 5.74) is 2.01. The molecule has 6 heteroatoms. The summed E-state index contributed by atoms with van der Waals surface area (Å²) in [5, 5.41) is 12.5. The number of esters is 1. The third-order valence-corrected chi connectivity index (χ3v) is 3.90. The summed E-state index contributed by atoms with van der Waals surface area (Å²) in [4.78, 5) is 24.0. The molecule has 126 valence electrons. The third kappa shape index (κ3) is 4.73. The summed E-state index contributed by atoms with van der Waals surface area (Å²) >= 11 is 6.01. The van der Waals surface area contributed by atoms with Gasteiger partial charge in [0.1, 0.15) is 5.75 Å². The number of aromatic hydroxyl groups is 1. The van der Waals surface area contributed by atoms with E-state index in [2.05, 4.69) is 5.32 Å². The molecule has 0 aliphatic carbocycles. The minimum absolute atomic E-state index is 0.0219. The topological polar surface area (TPSA) is 75.6 Å². The van der Waals surface area contributed by atoms with Crippen LogP contribution >= 0.6 is 11.6 Å². The van der Waals surface area contributed by atoms with E-state index in [0.717, 1.165) is 5.56 Å². The van der Waals surface area contributed by atoms with Gasteiger partial charge in [-0.1, -0.05) is 29.8 Å². The van der Waals surface area contributed by atoms with Crippen molar-refractivity contribution in [2.24, 2.45) is 0 Å². The summed E-state index contributed by atoms with van der Waals surface area (Å²) < 4.78 is 5.14. The number of anilines is 1. The second-order valence-corrected chi connectivity index (χ2v) is 5.78. The number of amides is 1. The van der Waals surface area contributed by atoms with Gasteiger partial charge < -0.3 is 15.2 Å². The molecule has 0 aliphatic heterocycles. The van der Waals surface area contributed by atoms with Crippen LogP contribution in [0.5, 0.6) is 5.75 Å². The summed E-state index contributed by atoms with van der Waals surface area (Å²) in [7, 11) is 0. The van der Waals surface area contributed by atoms with Gasteiger partial charge in [-0.2, -0.15) is 0 Å². The van der Waals surface area contributed by atoms with Gasteiger partial charge in [-0.3, -0.25) is 9.59 Å². The Morgan fingerprint density at radius 1 is 1.21 bits per heavy atom. The first-order valence-corrected chi connectivity index (χ1v) is 7.78. The molecule has 5 nitrogen and oxygen atoms in total. The second-order valence-electron chi connectivity index (χ2n) is 5.38. The molecule has 1 amide bonds. The van der Waals surface area contributed by atoms with Gasteiger partial charge in [0.15, 0.2) is 6.10 Å². The lowest BCUT2D eigenvalue weighted by molar-refractivity contribution is -0.152. The van der Waals surface area contributed by atoms with Crippen LogP contribution in [0.15, 0.2) is 42.5 Å². The highest BCUT2D eigenvalue weighted by Crippen LogP contribution is 2.23. The molecule has 0 aromatic heterocycles. The third-order valence-electron chi connectivity index (χ3n) is 3.49. The van der Waals surface area contributed by atoms with E-state index in [-0.39, 0.29) is 12.2 Å². The number of carbonyl (C=O) groups excluding carboxylic acids is 2. The van der Waals surface area contributed by atoms with E-state index in [4.69, 9.17) is 16.3 Å². The molecule has 24 heavy (non-hydrogen) atoms. The van der Waals surface area contributed by atoms with E-state index in [1.807, 2.05) is 0 Å². The summed E-state index contributed by atoms with van der Waals surface area (Å²) in [5.74, 6) is -0.831. The lowest BCUT2D eigenvalue weighted by Crippen LogP contribution is -2.30. The molecule has 0 saturated carbocycles. The number of ether oxygens (including phenoxy) is 1. The molecular weight excluding hydrogens is 330 g/mol. The SMILES string of the molecule is Cc1c(Cl)cccc1NC(=O)[C@H](C)OC(=O)Cc1ccc(O)cc1. The van der Waals surface area contributed by atoms with E-state index in [9.17, 15) is 14.7 Å². The molecular formula is C18H18ClNO4. The highest BCUT2D eigenvalue weighted by atomic mass is 35.5. The zero-order valence-electron chi connectivity index (χ0n) is 13.4. The lowest BCUT2D eigenvalue weighted by atomic mass is 10.1. The van der Waals surface area contributed by atoms with Crippen LogP contribution in [-0.2, 0) is 20.7 Å². The molecule has 0 saturated heterocycles. The van der Waals surface area contributed by atoms with Crippen molar-refractivity contribution in [2.45, 2.75) is 26.4 Å². The fourth-order valence-electron chi connectivity index (χ4n) is 2.05. The van der Waals surface area contributed by atoms with E-state index < -0.39 is 18.0 Å². The summed E-state index contributed by atoms with van der Waals surface area (Å²) in [6.07, 6.45) is -0.915. The van der Waals surface area contributed by atoms with Crippen LogP contribution < -0.4 is 5.32 Å². The number of phenolic OH excluding ortho intramolecular Hbond substituents is 1. The predicted octanol–water partition coefficient (Wildman–Crippen LogP) is 3.47. The summed E-state index contributed by atoms with van der Waals surface area (Å²) in [6, 6.07) is 11.4. The first-order chi connectivity index (χ1) is 11.4. The highest BCUT2D eigenvalue weighted by Gasteiger charge is 2.19. The minimum Gasteiger partial charge on any atom is -0.508 e. The smallest absolute Gasteiger partial charge is 0.311 e. The molecule has 0 aliphatic rings. The first kappa shape index (κ1) is 17.8. The molecule has 2 rings (SSSR count). The van der Waals surface area contributed by atoms with Crippen molar-refractivity contribution < 1.29 is 19.4 Å². The first-order valence-electron chi connectivity index (χ1n) is 7.40. The Morgan fingerprint density at radius 3 is 2.54 bits per heavy atom. The Hall–Kier alpha value is -2.53. The molecule has 0 unspecified atom stereocenters. The van der Waals surface area contributed by atoms with Crippen LogP contribution in [0, 0.1) is 6.92 Å². The van der Waals surface area contributed by atoms with Gasteiger partial charge in [-0.15, -0.1) is 0 Å². The Kier molecular flexibility index (Phi) is 5.82. The number of carbonyl (C=O) groups is 2. The largest absolute Gasteiger partial charge is 0.508 e. The highest BCUT2D eigenvalue weighted by molar-refractivity contribution is 6.31. The number of nitrogens with one attached hydrogen (secondary N) is 1. The quantitative estimate of drug-likeness (QED) is 0.812. The maximum Gasteiger partial charge on any atom is 0.311 e. The van der Waals surface area contributed by atoms with Crippen LogP contribution in [0.4, 0.5) is 5.69 Å². The molecule has 2 N–H and O–H groups in total. The van der Waals surface area contributed by atoms with Gasteiger partial charge >= 0.3 is 5.97 Å². The molecule has 0 fully saturated rings. The molecule has 0 heterocycles. The Morgan fingerprint density at radius 2 is 1.88 bits per heavy atom. The molecule has 0 radical (unpaired) electrons. The van der Waals surface area contributed by atoms with Crippen LogP contribution in [0.1, 0.15) is 18.1 Å². The Balaban J connectivity index is 1.92. The van der Waals surface area contributed by atoms with E-state index in [0.29, 0.717) is 16.3 Å². The Labute approximate surface area is 145 Å². The molecule has 1 atom stereocenters. The van der Waals surface area contributed by atoms with Gasteiger partial charge in [0.25, 0.3) is 5.91 Å². The maximum atomic E-state index is 12.1. The van der Waals surface area contributed by atoms with Crippen molar-refractivity contribution >= 4 is 29.2 Å². The number of halogens is 1. The second kappa shape index (κ2) is 7.84. The van der Waals surface area contributed by atoms with Crippen molar-refractivity contribution in [2.75, 3.05) is 5.32 Å². The van der Waals surface area contributed by atoms with Crippen LogP contribution in [0.2, 0.25) is 5.02 Å². The van der Waals surface area contributed by atoms with Crippen molar-refractivity contribution in [1.29, 1.82) is 0 Å². The average molecular weight is 348 g/mol. The molecule has 0 spiro atoms. The van der Waals surface area contributed by atoms with E-state index in [1.165, 1.54) is 19.1 Å². The standard InChI is InChI=1S/C18H18ClNO4/c1-11-15(19)4-3-5-16(11)20-18(23)12(2)24-17(22)10-13-6-8-14(21)9-7-13/h3-9,12,21H,10H2,1-2H3,(H,20,23)/t12-/m0/s1. The number of rotatable bonds is 5. The van der Waals surface area contributed by atoms with Crippen molar-refractivity contribution in [1.82, 2.24) is 0 Å². The van der Waals surface area contributed by atoms with Crippen molar-refractivity contribution in [3.63, 3.8) is 0 Å². The van der Waals surface area contributed by atoms with Crippen LogP contribution in [0.25, 0.3) is 0 Å². The lowest BCUT2D eigenvalue weighted by Gasteiger charge is -2.15. The monoisotopic (exact) mass is 347 g/mol. The molecule has 2 aromatic carbocycles. The number of hydrogen-bond acceptors (Lipinski definition) is 4. The zero-order chi connectivity index (χ0) is 17.7. The number of benzene rings is 2. The predicted molar refractivity (Wildman–Crippen MR) is 92.2 cm³/mol. The maximum absolute atomic E-state index is 12.1. The molecule has 0 bridgehead atoms. The van der Waals surface area contributed by atoms with Crippen LogP contribution in [0.3, 0.4) is 0 Å². The minimum atomic E-state index is -0.937. The average Bonchev–Trinajstić information content (AvgIpc) is 2.54. The van der Waals surface area contributed by atoms with Crippen molar-refractivity contribution in [3.8, 4) is 5.75 Å². The Bertz CT molecular complexity index is 743. The number of phenols is 1. The fourth-order valence-corrected chi connectivity index (χ4v) is 2.22. The van der Waals surface area contributed by atoms with E-state index in [1.54, 1.807) is 37.3 Å². The summed E-state index contributed by atoms with van der Waals surface area (Å²) in [6.45, 7) is 3.30. The van der Waals surface area contributed by atoms with E-state index >= 15 is 0 Å². The van der Waals surface area contributed by atoms with Crippen LogP contribution in [-0.4, -0.2) is 23.1 Å². The van der Waals surface area contributed by atoms with Gasteiger partial charge in [0.2, 0.25) is 0 Å². The zero-order valence-corrected chi connectivity index (χ0v) is 14.1. The van der Waals surface area contributed by atoms with Crippen molar-refractivity contribution in [3.05, 3.63) is 58.6 Å². The number of hydrogen-bond donors (Lipinski definition) is 2. The van der Waals surface area contributed by atoms with Gasteiger partial charge in [0, 0.05) is 10.7 Å². The van der Waals surface area contributed by atoms with Gasteiger partial charge in [0.05, 0.1) is 6.42 Å². The normalized spacial score (nSPS) is 11.6. The fraction of sp³-hybridized carbons (Fsp3) is 0.222. The molecule has 2 aromatic rings.